The van der Waals surface area contributed by atoms with Crippen molar-refractivity contribution in [1.82, 2.24) is 10.7 Å². The Morgan fingerprint density at radius 1 is 1.46 bits per heavy atom. The highest BCUT2D eigenvalue weighted by Crippen LogP contribution is 1.75. The van der Waals surface area contributed by atoms with Gasteiger partial charge in [0.2, 0.25) is 5.91 Å². The Bertz CT molecular complexity index is 115. The summed E-state index contributed by atoms with van der Waals surface area (Å²) in [6.45, 7) is 7.11. The van der Waals surface area contributed by atoms with Crippen LogP contribution < -0.4 is 28.3 Å². The summed E-state index contributed by atoms with van der Waals surface area (Å²) in [5.41, 5.74) is 2.25. The molecule has 0 aliphatic rings. The highest BCUT2D eigenvalue weighted by atomic mass is 16.1. The van der Waals surface area contributed by atoms with Crippen LogP contribution >= 0.6 is 0 Å². The fourth-order valence-electron chi connectivity index (χ4n) is 0.343. The summed E-state index contributed by atoms with van der Waals surface area (Å²) in [5, 5.41) is 2.64. The predicted molar refractivity (Wildman–Crippen MR) is 55.1 cm³/mol. The van der Waals surface area contributed by atoms with E-state index in [1.807, 2.05) is 13.8 Å². The Labute approximate surface area is 79.5 Å². The molecule has 13 heavy (non-hydrogen) atoms. The van der Waals surface area contributed by atoms with Gasteiger partial charge in [-0.05, 0) is 27.0 Å². The van der Waals surface area contributed by atoms with E-state index in [9.17, 15) is 4.79 Å². The Hall–Kier alpha value is -0.950. The second-order valence-electron chi connectivity index (χ2n) is 2.16. The molecule has 0 aromatic carbocycles. The highest BCUT2D eigenvalue weighted by molar-refractivity contribution is 5.86. The van der Waals surface area contributed by atoms with Crippen LogP contribution in [0.3, 0.4) is 0 Å². The summed E-state index contributed by atoms with van der Waals surface area (Å²) in [4.78, 5) is 10.4. The van der Waals surface area contributed by atoms with Crippen LogP contribution in [0, 0.1) is 0 Å². The van der Waals surface area contributed by atoms with Crippen molar-refractivity contribution in [3.63, 3.8) is 0 Å². The predicted octanol–water partition coefficient (Wildman–Crippen LogP) is -1.40. The second-order valence-corrected chi connectivity index (χ2v) is 2.16. The Balaban J connectivity index is -0.000000169. The molecule has 0 aliphatic carbocycles. The van der Waals surface area contributed by atoms with Gasteiger partial charge >= 0.3 is 0 Å². The van der Waals surface area contributed by atoms with E-state index in [0.29, 0.717) is 0 Å². The second kappa shape index (κ2) is 17.2. The van der Waals surface area contributed by atoms with Gasteiger partial charge in [0.05, 0.1) is 0 Å². The first kappa shape index (κ1) is 18.0. The number of carbonyl (C=O) groups excluding carboxylic acids is 1. The molecule has 0 aliphatic heterocycles. The van der Waals surface area contributed by atoms with Gasteiger partial charge in [-0.15, -0.1) is 0 Å². The number of hydrogen-bond acceptors (Lipinski definition) is 5. The maximum Gasteiger partial charge on any atom is 0.243 e. The fourth-order valence-corrected chi connectivity index (χ4v) is 0.343. The Morgan fingerprint density at radius 2 is 1.77 bits per heavy atom. The van der Waals surface area contributed by atoms with Crippen LogP contribution in [0.25, 0.3) is 0 Å². The molecule has 0 atom stereocenters. The van der Waals surface area contributed by atoms with Crippen LogP contribution in [0.2, 0.25) is 0 Å². The van der Waals surface area contributed by atoms with Gasteiger partial charge in [0.25, 0.3) is 0 Å². The van der Waals surface area contributed by atoms with Crippen molar-refractivity contribution in [3.05, 3.63) is 12.7 Å². The fraction of sp³-hybridized carbons (Fsp3) is 0.571. The van der Waals surface area contributed by atoms with E-state index in [-0.39, 0.29) is 11.9 Å². The number of rotatable bonds is 2. The molecule has 80 valence electrons. The first-order chi connectivity index (χ1) is 6.08. The molecule has 0 aromatic heterocycles. The molecule has 0 unspecified atom stereocenters. The maximum absolute atomic E-state index is 10.4. The smallest absolute Gasteiger partial charge is 0.243 e. The molecular formula is C7H21N5O. The van der Waals surface area contributed by atoms with Crippen molar-refractivity contribution in [2.75, 3.05) is 7.05 Å². The molecule has 0 saturated carbocycles. The average Bonchev–Trinajstić information content (AvgIpc) is 2.08. The molecule has 0 saturated heterocycles. The van der Waals surface area contributed by atoms with Crippen LogP contribution in [-0.2, 0) is 4.79 Å². The summed E-state index contributed by atoms with van der Waals surface area (Å²) < 4.78 is 0. The lowest BCUT2D eigenvalue weighted by Crippen LogP contribution is -2.27. The molecule has 0 rings (SSSR count). The van der Waals surface area contributed by atoms with Crippen LogP contribution in [-0.4, -0.2) is 19.0 Å². The molecule has 1 amide bonds. The Morgan fingerprint density at radius 3 is 1.85 bits per heavy atom. The van der Waals surface area contributed by atoms with E-state index in [0.717, 1.165) is 0 Å². The van der Waals surface area contributed by atoms with Crippen LogP contribution in [0.1, 0.15) is 13.8 Å². The van der Waals surface area contributed by atoms with Gasteiger partial charge in [0.1, 0.15) is 0 Å². The van der Waals surface area contributed by atoms with E-state index in [1.165, 1.54) is 6.08 Å². The van der Waals surface area contributed by atoms with Gasteiger partial charge in [-0.3, -0.25) is 27.7 Å². The van der Waals surface area contributed by atoms with E-state index in [1.54, 1.807) is 7.05 Å². The van der Waals surface area contributed by atoms with E-state index < -0.39 is 0 Å². The molecule has 0 radical (unpaired) electrons. The van der Waals surface area contributed by atoms with E-state index >= 15 is 0 Å². The van der Waals surface area contributed by atoms with E-state index in [2.05, 4.69) is 34.8 Å². The van der Waals surface area contributed by atoms with E-state index in [4.69, 9.17) is 0 Å². The van der Waals surface area contributed by atoms with Crippen molar-refractivity contribution in [2.24, 2.45) is 17.5 Å². The monoisotopic (exact) mass is 191 g/mol. The minimum absolute atomic E-state index is 0.111. The van der Waals surface area contributed by atoms with Crippen molar-refractivity contribution in [1.29, 1.82) is 0 Å². The van der Waals surface area contributed by atoms with Crippen molar-refractivity contribution in [2.45, 2.75) is 19.9 Å². The Kier molecular flexibility index (Phi) is 23.8. The summed E-state index contributed by atoms with van der Waals surface area (Å²) in [5.74, 6) is 12.5. The zero-order valence-electron chi connectivity index (χ0n) is 8.50. The highest BCUT2D eigenvalue weighted by Gasteiger charge is 1.93. The summed E-state index contributed by atoms with van der Waals surface area (Å²) >= 11 is 0. The van der Waals surface area contributed by atoms with Crippen molar-refractivity contribution < 1.29 is 4.79 Å². The number of hydrogen-bond donors (Lipinski definition) is 5. The SMILES string of the molecule is C=CC(=O)NC(C)C.CNN.NN. The van der Waals surface area contributed by atoms with Gasteiger partial charge in [0, 0.05) is 6.04 Å². The largest absolute Gasteiger partial charge is 0.350 e. The number of nitrogens with one attached hydrogen (secondary N) is 2. The number of nitrogens with two attached hydrogens (primary N) is 3. The average molecular weight is 191 g/mol. The lowest BCUT2D eigenvalue weighted by atomic mass is 10.4. The van der Waals surface area contributed by atoms with Crippen LogP contribution in [0.4, 0.5) is 0 Å². The zero-order chi connectivity index (χ0) is 11.3. The molecule has 0 heterocycles. The molecule has 8 N–H and O–H groups in total. The molecule has 0 fully saturated rings. The number of hydrazine groups is 2. The third kappa shape index (κ3) is 35.5. The molecule has 6 nitrogen and oxygen atoms in total. The van der Waals surface area contributed by atoms with Crippen LogP contribution in [0.15, 0.2) is 12.7 Å². The standard InChI is InChI=1S/C6H11NO.CH6N2.H4N2/c1-4-6(8)7-5(2)3;1-3-2;1-2/h4-5H,1H2,2-3H3,(H,7,8);3H,2H2,1H3;1-2H2. The molecule has 0 spiro atoms. The van der Waals surface area contributed by atoms with Crippen molar-refractivity contribution >= 4 is 5.91 Å². The van der Waals surface area contributed by atoms with Crippen LogP contribution in [0.5, 0.6) is 0 Å². The van der Waals surface area contributed by atoms with Gasteiger partial charge < -0.3 is 5.32 Å². The van der Waals surface area contributed by atoms with Gasteiger partial charge in [-0.1, -0.05) is 6.58 Å². The number of amides is 1. The normalized spacial score (nSPS) is 7.31. The molecule has 6 heteroatoms. The van der Waals surface area contributed by atoms with Gasteiger partial charge in [-0.25, -0.2) is 0 Å². The first-order valence-electron chi connectivity index (χ1n) is 3.72. The van der Waals surface area contributed by atoms with Crippen molar-refractivity contribution in [3.8, 4) is 0 Å². The molecule has 0 aromatic rings. The lowest BCUT2D eigenvalue weighted by molar-refractivity contribution is -0.116. The maximum atomic E-state index is 10.4. The summed E-state index contributed by atoms with van der Waals surface area (Å²) in [6.07, 6.45) is 1.26. The van der Waals surface area contributed by atoms with Gasteiger partial charge in [-0.2, -0.15) is 0 Å². The minimum atomic E-state index is -0.111. The zero-order valence-corrected chi connectivity index (χ0v) is 8.50. The lowest BCUT2D eigenvalue weighted by Gasteiger charge is -2.02. The van der Waals surface area contributed by atoms with Gasteiger partial charge in [0.15, 0.2) is 0 Å². The minimum Gasteiger partial charge on any atom is -0.350 e. The molecular weight excluding hydrogens is 170 g/mol. The third-order valence-corrected chi connectivity index (χ3v) is 0.616. The summed E-state index contributed by atoms with van der Waals surface area (Å²) in [7, 11) is 1.65. The first-order valence-corrected chi connectivity index (χ1v) is 3.72. The number of carbonyl (C=O) groups is 1. The molecule has 0 bridgehead atoms. The topological polar surface area (TPSA) is 119 Å². The summed E-state index contributed by atoms with van der Waals surface area (Å²) in [6, 6.07) is 0.209. The quantitative estimate of drug-likeness (QED) is 0.209. The third-order valence-electron chi connectivity index (χ3n) is 0.616.